The highest BCUT2D eigenvalue weighted by Crippen LogP contribution is 1.98. The molecule has 0 saturated heterocycles. The van der Waals surface area contributed by atoms with Gasteiger partial charge in [0.1, 0.15) is 5.84 Å². The molecular formula is C5H7BrN2. The van der Waals surface area contributed by atoms with Gasteiger partial charge in [-0.1, -0.05) is 13.2 Å². The molecule has 0 aromatic rings. The monoisotopic (exact) mass is 174 g/mol. The van der Waals surface area contributed by atoms with Crippen LogP contribution in [-0.4, -0.2) is 5.84 Å². The number of hydrogen-bond donors (Lipinski definition) is 1. The Morgan fingerprint density at radius 3 is 2.38 bits per heavy atom. The zero-order valence-corrected chi connectivity index (χ0v) is 5.98. The van der Waals surface area contributed by atoms with Crippen LogP contribution in [0.25, 0.3) is 0 Å². The van der Waals surface area contributed by atoms with Gasteiger partial charge in [-0.05, 0) is 15.9 Å². The van der Waals surface area contributed by atoms with Crippen molar-refractivity contribution in [2.45, 2.75) is 0 Å². The van der Waals surface area contributed by atoms with Gasteiger partial charge in [-0.25, -0.2) is 4.99 Å². The smallest absolute Gasteiger partial charge is 0.137 e. The summed E-state index contributed by atoms with van der Waals surface area (Å²) >= 11 is 3.04. The molecule has 2 nitrogen and oxygen atoms in total. The van der Waals surface area contributed by atoms with Crippen molar-refractivity contribution in [1.29, 1.82) is 0 Å². The lowest BCUT2D eigenvalue weighted by Crippen LogP contribution is -2.09. The van der Waals surface area contributed by atoms with Gasteiger partial charge >= 0.3 is 0 Å². The van der Waals surface area contributed by atoms with Crippen molar-refractivity contribution >= 4 is 21.8 Å². The van der Waals surface area contributed by atoms with Crippen LogP contribution in [-0.2, 0) is 0 Å². The van der Waals surface area contributed by atoms with Gasteiger partial charge in [0.15, 0.2) is 0 Å². The Bertz CT molecular complexity index is 137. The van der Waals surface area contributed by atoms with Crippen molar-refractivity contribution in [3.8, 4) is 0 Å². The fraction of sp³-hybridized carbons (Fsp3) is 0. The molecule has 0 aliphatic heterocycles. The van der Waals surface area contributed by atoms with Gasteiger partial charge < -0.3 is 5.73 Å². The van der Waals surface area contributed by atoms with E-state index < -0.39 is 0 Å². The first kappa shape index (κ1) is 7.43. The maximum atomic E-state index is 5.26. The normalized spacial score (nSPS) is 10.9. The molecule has 0 radical (unpaired) electrons. The van der Waals surface area contributed by atoms with Crippen molar-refractivity contribution in [3.05, 3.63) is 23.8 Å². The van der Waals surface area contributed by atoms with E-state index >= 15 is 0 Å². The Morgan fingerprint density at radius 1 is 1.75 bits per heavy atom. The highest BCUT2D eigenvalue weighted by molar-refractivity contribution is 9.12. The first-order chi connectivity index (χ1) is 3.68. The van der Waals surface area contributed by atoms with E-state index in [4.69, 9.17) is 5.73 Å². The van der Waals surface area contributed by atoms with E-state index in [-0.39, 0.29) is 0 Å². The maximum absolute atomic E-state index is 5.26. The fourth-order valence-electron chi connectivity index (χ4n) is 0.168. The first-order valence-electron chi connectivity index (χ1n) is 1.97. The summed E-state index contributed by atoms with van der Waals surface area (Å²) in [4.78, 5) is 3.64. The lowest BCUT2D eigenvalue weighted by atomic mass is 10.6. The second kappa shape index (κ2) is 3.43. The van der Waals surface area contributed by atoms with Crippen LogP contribution in [0.5, 0.6) is 0 Å². The number of rotatable bonds is 2. The van der Waals surface area contributed by atoms with E-state index in [2.05, 4.69) is 34.1 Å². The largest absolute Gasteiger partial charge is 0.383 e. The minimum absolute atomic E-state index is 0.361. The summed E-state index contributed by atoms with van der Waals surface area (Å²) in [6.07, 6.45) is 1.36. The molecule has 0 saturated carbocycles. The van der Waals surface area contributed by atoms with Gasteiger partial charge in [0.25, 0.3) is 0 Å². The standard InChI is InChI=1S/C5H7BrN2/c1-3-8-5(7)4(2)6/h3H,1-2H2,(H2,7,8). The molecule has 0 spiro atoms. The average molecular weight is 175 g/mol. The van der Waals surface area contributed by atoms with Crippen LogP contribution in [0.3, 0.4) is 0 Å². The molecule has 0 amide bonds. The molecular weight excluding hydrogens is 168 g/mol. The van der Waals surface area contributed by atoms with Crippen LogP contribution in [0.2, 0.25) is 0 Å². The highest BCUT2D eigenvalue weighted by atomic mass is 79.9. The topological polar surface area (TPSA) is 38.4 Å². The Morgan fingerprint density at radius 2 is 2.25 bits per heavy atom. The minimum Gasteiger partial charge on any atom is -0.383 e. The van der Waals surface area contributed by atoms with E-state index in [0.717, 1.165) is 0 Å². The number of amidine groups is 1. The molecule has 0 aromatic heterocycles. The van der Waals surface area contributed by atoms with E-state index in [9.17, 15) is 0 Å². The molecule has 0 atom stereocenters. The molecule has 0 bridgehead atoms. The summed E-state index contributed by atoms with van der Waals surface area (Å²) in [5, 5.41) is 0. The van der Waals surface area contributed by atoms with E-state index in [1.165, 1.54) is 6.20 Å². The molecule has 0 aromatic carbocycles. The van der Waals surface area contributed by atoms with E-state index in [1.54, 1.807) is 0 Å². The van der Waals surface area contributed by atoms with Gasteiger partial charge in [-0.15, -0.1) is 0 Å². The van der Waals surface area contributed by atoms with Crippen molar-refractivity contribution in [2.75, 3.05) is 0 Å². The maximum Gasteiger partial charge on any atom is 0.137 e. The molecule has 8 heavy (non-hydrogen) atoms. The van der Waals surface area contributed by atoms with Gasteiger partial charge in [0.05, 0.1) is 4.48 Å². The molecule has 44 valence electrons. The quantitative estimate of drug-likeness (QED) is 0.499. The summed E-state index contributed by atoms with van der Waals surface area (Å²) in [6.45, 7) is 6.84. The second-order valence-corrected chi connectivity index (χ2v) is 2.06. The Balaban J connectivity index is 3.99. The lowest BCUT2D eigenvalue weighted by molar-refractivity contribution is 1.52. The van der Waals surface area contributed by atoms with Gasteiger partial charge in [-0.3, -0.25) is 0 Å². The fourth-order valence-corrected chi connectivity index (χ4v) is 0.271. The molecule has 0 heterocycles. The van der Waals surface area contributed by atoms with Gasteiger partial charge in [0.2, 0.25) is 0 Å². The molecule has 3 heteroatoms. The summed E-state index contributed by atoms with van der Waals surface area (Å²) in [5.41, 5.74) is 5.26. The lowest BCUT2D eigenvalue weighted by Gasteiger charge is -1.89. The van der Waals surface area contributed by atoms with Gasteiger partial charge in [0, 0.05) is 6.20 Å². The van der Waals surface area contributed by atoms with Crippen molar-refractivity contribution in [2.24, 2.45) is 10.7 Å². The van der Waals surface area contributed by atoms with Crippen LogP contribution in [0.4, 0.5) is 0 Å². The average Bonchev–Trinajstić information content (AvgIpc) is 1.67. The van der Waals surface area contributed by atoms with Crippen molar-refractivity contribution in [3.63, 3.8) is 0 Å². The molecule has 0 unspecified atom stereocenters. The number of halogens is 1. The van der Waals surface area contributed by atoms with Crippen LogP contribution in [0.1, 0.15) is 0 Å². The molecule has 0 rings (SSSR count). The number of nitrogens with two attached hydrogens (primary N) is 1. The Labute approximate surface area is 56.9 Å². The van der Waals surface area contributed by atoms with Crippen LogP contribution in [0.15, 0.2) is 28.8 Å². The first-order valence-corrected chi connectivity index (χ1v) is 2.76. The number of aliphatic imine (C=N–C) groups is 1. The number of hydrogen-bond acceptors (Lipinski definition) is 1. The summed E-state index contributed by atoms with van der Waals surface area (Å²) in [6, 6.07) is 0. The number of nitrogens with zero attached hydrogens (tertiary/aromatic N) is 1. The third-order valence-electron chi connectivity index (χ3n) is 0.508. The molecule has 2 N–H and O–H groups in total. The second-order valence-electron chi connectivity index (χ2n) is 1.10. The Hall–Kier alpha value is -0.570. The van der Waals surface area contributed by atoms with Crippen LogP contribution in [0, 0.1) is 0 Å². The summed E-state index contributed by atoms with van der Waals surface area (Å²) in [5.74, 6) is 0.361. The SMILES string of the molecule is C=CN=C(N)C(=C)Br. The summed E-state index contributed by atoms with van der Waals surface area (Å²) in [7, 11) is 0. The van der Waals surface area contributed by atoms with Crippen molar-refractivity contribution < 1.29 is 0 Å². The predicted molar refractivity (Wildman–Crippen MR) is 39.9 cm³/mol. The third-order valence-corrected chi connectivity index (χ3v) is 0.915. The Kier molecular flexibility index (Phi) is 3.19. The zero-order chi connectivity index (χ0) is 6.57. The van der Waals surface area contributed by atoms with Gasteiger partial charge in [-0.2, -0.15) is 0 Å². The van der Waals surface area contributed by atoms with Crippen molar-refractivity contribution in [1.82, 2.24) is 0 Å². The van der Waals surface area contributed by atoms with E-state index in [1.807, 2.05) is 0 Å². The molecule has 0 aliphatic rings. The van der Waals surface area contributed by atoms with Crippen LogP contribution < -0.4 is 5.73 Å². The third kappa shape index (κ3) is 2.58. The highest BCUT2D eigenvalue weighted by Gasteiger charge is 1.88. The zero-order valence-electron chi connectivity index (χ0n) is 4.39. The summed E-state index contributed by atoms with van der Waals surface area (Å²) < 4.78 is 0.581. The molecule has 0 aliphatic carbocycles. The molecule has 0 fully saturated rings. The minimum atomic E-state index is 0.361. The predicted octanol–water partition coefficient (Wildman–Crippen LogP) is 1.40. The van der Waals surface area contributed by atoms with E-state index in [0.29, 0.717) is 10.3 Å². The van der Waals surface area contributed by atoms with Crippen LogP contribution >= 0.6 is 15.9 Å².